The van der Waals surface area contributed by atoms with Gasteiger partial charge in [-0.2, -0.15) is 5.10 Å². The fourth-order valence-electron chi connectivity index (χ4n) is 3.08. The monoisotopic (exact) mass is 485 g/mol. The Labute approximate surface area is 176 Å². The Morgan fingerprint density at radius 1 is 1.26 bits per heavy atom. The molecule has 1 aliphatic rings. The number of halogens is 1. The minimum atomic E-state index is 0. The van der Waals surface area contributed by atoms with Crippen LogP contribution < -0.4 is 10.6 Å². The van der Waals surface area contributed by atoms with E-state index < -0.39 is 0 Å². The second-order valence-electron chi connectivity index (χ2n) is 6.82. The summed E-state index contributed by atoms with van der Waals surface area (Å²) >= 11 is 0. The summed E-state index contributed by atoms with van der Waals surface area (Å²) in [6.07, 6.45) is 9.54. The summed E-state index contributed by atoms with van der Waals surface area (Å²) in [4.78, 5) is 22.4. The van der Waals surface area contributed by atoms with Gasteiger partial charge >= 0.3 is 0 Å². The average molecular weight is 485 g/mol. The minimum Gasteiger partial charge on any atom is -0.354 e. The molecule has 27 heavy (non-hydrogen) atoms. The zero-order chi connectivity index (χ0) is 18.4. The molecule has 0 aromatic carbocycles. The zero-order valence-electron chi connectivity index (χ0n) is 15.9. The lowest BCUT2D eigenvalue weighted by atomic mass is 9.96. The molecule has 0 bridgehead atoms. The molecule has 0 spiro atoms. The lowest BCUT2D eigenvalue weighted by Crippen LogP contribution is -2.47. The molecule has 148 valence electrons. The first-order valence-corrected chi connectivity index (χ1v) is 9.16. The van der Waals surface area contributed by atoms with Crippen LogP contribution in [0.4, 0.5) is 0 Å². The number of carbonyl (C=O) groups is 1. The van der Waals surface area contributed by atoms with Crippen molar-refractivity contribution in [2.75, 3.05) is 20.6 Å². The number of guanidine groups is 1. The van der Waals surface area contributed by atoms with E-state index in [4.69, 9.17) is 0 Å². The third kappa shape index (κ3) is 6.05. The van der Waals surface area contributed by atoms with Gasteiger partial charge in [-0.15, -0.1) is 24.0 Å². The molecule has 2 N–H and O–H groups in total. The van der Waals surface area contributed by atoms with E-state index in [-0.39, 0.29) is 36.4 Å². The van der Waals surface area contributed by atoms with Gasteiger partial charge in [0.1, 0.15) is 0 Å². The molecule has 8 nitrogen and oxygen atoms in total. The Balaban J connectivity index is 0.00000261. The van der Waals surface area contributed by atoms with Crippen LogP contribution in [-0.4, -0.2) is 58.0 Å². The van der Waals surface area contributed by atoms with Crippen LogP contribution in [0, 0.1) is 0 Å². The Hall–Kier alpha value is -1.91. The van der Waals surface area contributed by atoms with E-state index in [1.165, 1.54) is 19.3 Å². The molecule has 0 radical (unpaired) electrons. The van der Waals surface area contributed by atoms with E-state index in [1.807, 2.05) is 12.1 Å². The van der Waals surface area contributed by atoms with Gasteiger partial charge in [0.15, 0.2) is 11.6 Å². The van der Waals surface area contributed by atoms with E-state index in [0.29, 0.717) is 18.5 Å². The Morgan fingerprint density at radius 3 is 2.78 bits per heavy atom. The smallest absolute Gasteiger partial charge is 0.241 e. The summed E-state index contributed by atoms with van der Waals surface area (Å²) in [7, 11) is 3.50. The third-order valence-corrected chi connectivity index (χ3v) is 4.62. The number of hydrogen-bond acceptors (Lipinski definition) is 4. The maximum atomic E-state index is 11.9. The number of amides is 1. The van der Waals surface area contributed by atoms with E-state index in [1.54, 1.807) is 35.9 Å². The number of nitrogens with zero attached hydrogens (tertiary/aromatic N) is 5. The average Bonchev–Trinajstić information content (AvgIpc) is 3.13. The number of hydrogen-bond donors (Lipinski definition) is 2. The SMILES string of the molecule is CN(C)C(=O)CNC(=NCc1ccnc2ccnn12)NC1CCCCC1.I. The van der Waals surface area contributed by atoms with Crippen molar-refractivity contribution >= 4 is 41.5 Å². The number of aliphatic imine (C=N–C) groups is 1. The van der Waals surface area contributed by atoms with Gasteiger partial charge in [-0.25, -0.2) is 14.5 Å². The summed E-state index contributed by atoms with van der Waals surface area (Å²) in [6, 6.07) is 4.18. The van der Waals surface area contributed by atoms with Crippen molar-refractivity contribution in [1.82, 2.24) is 30.1 Å². The van der Waals surface area contributed by atoms with Gasteiger partial charge in [0.25, 0.3) is 0 Å². The Kier molecular flexibility index (Phi) is 8.26. The Bertz CT molecular complexity index is 768. The molecule has 2 aromatic rings. The van der Waals surface area contributed by atoms with Crippen LogP contribution in [0.3, 0.4) is 0 Å². The second-order valence-corrected chi connectivity index (χ2v) is 6.82. The summed E-state index contributed by atoms with van der Waals surface area (Å²) in [6.45, 7) is 0.679. The van der Waals surface area contributed by atoms with E-state index in [2.05, 4.69) is 25.7 Å². The van der Waals surface area contributed by atoms with Crippen molar-refractivity contribution in [1.29, 1.82) is 0 Å². The molecule has 3 rings (SSSR count). The summed E-state index contributed by atoms with van der Waals surface area (Å²) in [5.74, 6) is 0.686. The maximum Gasteiger partial charge on any atom is 0.241 e. The predicted octanol–water partition coefficient (Wildman–Crippen LogP) is 1.80. The molecule has 0 saturated heterocycles. The second kappa shape index (κ2) is 10.4. The van der Waals surface area contributed by atoms with Crippen LogP contribution in [0.5, 0.6) is 0 Å². The van der Waals surface area contributed by atoms with Crippen molar-refractivity contribution < 1.29 is 4.79 Å². The standard InChI is InChI=1S/C18H27N7O.HI/c1-24(2)17(26)13-21-18(23-14-6-4-3-5-7-14)20-12-15-8-10-19-16-9-11-22-25(15)16;/h8-11,14H,3-7,12-13H2,1-2H3,(H2,20,21,23);1H. The van der Waals surface area contributed by atoms with Gasteiger partial charge < -0.3 is 15.5 Å². The van der Waals surface area contributed by atoms with Gasteiger partial charge in [0, 0.05) is 32.4 Å². The van der Waals surface area contributed by atoms with Crippen molar-refractivity contribution in [2.45, 2.75) is 44.7 Å². The first-order valence-electron chi connectivity index (χ1n) is 9.16. The van der Waals surface area contributed by atoms with E-state index in [0.717, 1.165) is 24.2 Å². The third-order valence-electron chi connectivity index (χ3n) is 4.62. The van der Waals surface area contributed by atoms with Crippen molar-refractivity contribution in [2.24, 2.45) is 4.99 Å². The van der Waals surface area contributed by atoms with Gasteiger partial charge in [-0.05, 0) is 18.9 Å². The Morgan fingerprint density at radius 2 is 2.04 bits per heavy atom. The number of likely N-dealkylation sites (N-methyl/N-ethyl adjacent to an activating group) is 1. The van der Waals surface area contributed by atoms with Gasteiger partial charge in [0.05, 0.1) is 25.0 Å². The highest BCUT2D eigenvalue weighted by Crippen LogP contribution is 2.17. The van der Waals surface area contributed by atoms with Crippen molar-refractivity contribution in [3.8, 4) is 0 Å². The number of nitrogens with one attached hydrogen (secondary N) is 2. The topological polar surface area (TPSA) is 86.9 Å². The molecular weight excluding hydrogens is 457 g/mol. The molecule has 0 atom stereocenters. The highest BCUT2D eigenvalue weighted by atomic mass is 127. The molecule has 2 heterocycles. The first kappa shape index (κ1) is 21.4. The molecule has 0 aliphatic heterocycles. The van der Waals surface area contributed by atoms with Crippen molar-refractivity contribution in [3.63, 3.8) is 0 Å². The van der Waals surface area contributed by atoms with E-state index in [9.17, 15) is 4.79 Å². The van der Waals surface area contributed by atoms with Gasteiger partial charge in [0.2, 0.25) is 5.91 Å². The summed E-state index contributed by atoms with van der Waals surface area (Å²) in [5.41, 5.74) is 1.75. The lowest BCUT2D eigenvalue weighted by Gasteiger charge is -2.25. The highest BCUT2D eigenvalue weighted by molar-refractivity contribution is 14.0. The first-order chi connectivity index (χ1) is 12.6. The molecule has 1 aliphatic carbocycles. The fourth-order valence-corrected chi connectivity index (χ4v) is 3.08. The molecular formula is C18H28IN7O. The summed E-state index contributed by atoms with van der Waals surface area (Å²) in [5, 5.41) is 10.9. The normalized spacial score (nSPS) is 15.3. The fraction of sp³-hybridized carbons (Fsp3) is 0.556. The van der Waals surface area contributed by atoms with Crippen LogP contribution in [0.15, 0.2) is 29.5 Å². The number of aromatic nitrogens is 3. The van der Waals surface area contributed by atoms with Crippen LogP contribution in [0.2, 0.25) is 0 Å². The van der Waals surface area contributed by atoms with E-state index >= 15 is 0 Å². The maximum absolute atomic E-state index is 11.9. The van der Waals surface area contributed by atoms with Crippen LogP contribution in [0.1, 0.15) is 37.8 Å². The number of rotatable bonds is 5. The number of fused-ring (bicyclic) bond motifs is 1. The lowest BCUT2D eigenvalue weighted by molar-refractivity contribution is -0.127. The quantitative estimate of drug-likeness (QED) is 0.383. The molecule has 1 fully saturated rings. The molecule has 1 amide bonds. The number of carbonyl (C=O) groups excluding carboxylic acids is 1. The van der Waals surface area contributed by atoms with Crippen molar-refractivity contribution in [3.05, 3.63) is 30.2 Å². The molecule has 2 aromatic heterocycles. The largest absolute Gasteiger partial charge is 0.354 e. The molecule has 9 heteroatoms. The molecule has 1 saturated carbocycles. The highest BCUT2D eigenvalue weighted by Gasteiger charge is 2.15. The summed E-state index contributed by atoms with van der Waals surface area (Å²) < 4.78 is 1.78. The van der Waals surface area contributed by atoms with Gasteiger partial charge in [-0.3, -0.25) is 4.79 Å². The van der Waals surface area contributed by atoms with Crippen LogP contribution in [-0.2, 0) is 11.3 Å². The van der Waals surface area contributed by atoms with Crippen LogP contribution in [0.25, 0.3) is 5.65 Å². The van der Waals surface area contributed by atoms with Crippen LogP contribution >= 0.6 is 24.0 Å². The predicted molar refractivity (Wildman–Crippen MR) is 116 cm³/mol. The zero-order valence-corrected chi connectivity index (χ0v) is 18.2. The van der Waals surface area contributed by atoms with Gasteiger partial charge in [-0.1, -0.05) is 19.3 Å². The minimum absolute atomic E-state index is 0. The molecule has 0 unspecified atom stereocenters.